The van der Waals surface area contributed by atoms with Crippen molar-refractivity contribution in [1.29, 1.82) is 0 Å². The van der Waals surface area contributed by atoms with Gasteiger partial charge in [-0.1, -0.05) is 62.8 Å². The van der Waals surface area contributed by atoms with Gasteiger partial charge in [-0.2, -0.15) is 0 Å². The third kappa shape index (κ3) is 8.84. The summed E-state index contributed by atoms with van der Waals surface area (Å²) in [7, 11) is -2.39. The molecule has 1 saturated heterocycles. The number of fused-ring (bicyclic) bond motifs is 3. The predicted molar refractivity (Wildman–Crippen MR) is 191 cm³/mol. The molecule has 0 atom stereocenters. The molecular formula is C38H59NOSi2Ti. The van der Waals surface area contributed by atoms with Crippen molar-refractivity contribution < 1.29 is 21.6 Å². The van der Waals surface area contributed by atoms with Crippen molar-refractivity contribution in [3.8, 4) is 11.1 Å². The van der Waals surface area contributed by atoms with Gasteiger partial charge in [0.1, 0.15) is 0 Å². The van der Waals surface area contributed by atoms with Crippen LogP contribution in [-0.4, -0.2) is 22.1 Å². The van der Waals surface area contributed by atoms with Crippen molar-refractivity contribution in [3.63, 3.8) is 0 Å². The summed E-state index contributed by atoms with van der Waals surface area (Å²) in [6, 6.07) is 17.9. The van der Waals surface area contributed by atoms with E-state index in [9.17, 15) is 4.79 Å². The quantitative estimate of drug-likeness (QED) is 0.245. The molecule has 1 saturated carbocycles. The van der Waals surface area contributed by atoms with E-state index in [1.165, 1.54) is 99.9 Å². The van der Waals surface area contributed by atoms with E-state index in [1.807, 2.05) is 0 Å². The third-order valence-electron chi connectivity index (χ3n) is 10.2. The number of allylic oxidation sites excluding steroid dienone is 2. The molecule has 2 fully saturated rings. The van der Waals surface area contributed by atoms with Crippen molar-refractivity contribution >= 4 is 22.1 Å². The molecule has 43 heavy (non-hydrogen) atoms. The van der Waals surface area contributed by atoms with Crippen LogP contribution in [0.15, 0.2) is 72.1 Å². The van der Waals surface area contributed by atoms with Crippen molar-refractivity contribution in [2.45, 2.75) is 124 Å². The Hall–Kier alpha value is -1.46. The van der Waals surface area contributed by atoms with E-state index in [0.717, 1.165) is 12.8 Å². The average Bonchev–Trinajstić information content (AvgIpc) is 3.63. The van der Waals surface area contributed by atoms with Crippen LogP contribution in [0.3, 0.4) is 0 Å². The molecule has 234 valence electrons. The van der Waals surface area contributed by atoms with Gasteiger partial charge in [-0.3, -0.25) is 0 Å². The van der Waals surface area contributed by atoms with Crippen LogP contribution in [-0.2, 0) is 21.6 Å². The van der Waals surface area contributed by atoms with Crippen LogP contribution < -0.4 is 3.80 Å². The summed E-state index contributed by atoms with van der Waals surface area (Å²) in [6.07, 6.45) is 14.2. The van der Waals surface area contributed by atoms with Gasteiger partial charge < -0.3 is 0 Å². The van der Waals surface area contributed by atoms with Gasteiger partial charge in [-0.05, 0) is 0 Å². The van der Waals surface area contributed by atoms with E-state index in [2.05, 4.69) is 105 Å². The Balaban J connectivity index is 0.000000301. The summed E-state index contributed by atoms with van der Waals surface area (Å²) in [5.74, 6) is 0.658. The zero-order valence-electron chi connectivity index (χ0n) is 28.3. The molecule has 0 spiro atoms. The molecule has 0 bridgehead atoms. The SMILES string of the molecule is C=C(C(=C)[Si](C)(C)C)[Si](C)(C)C.O=C([NH][Ti]1([CH]2c3ccccc3-c3ccccc32)[CH2][CH2]1)C1CCCCCCCCCCC1. The Morgan fingerprint density at radius 1 is 0.651 bits per heavy atom. The number of carbonyl (C=O) groups is 1. The number of benzene rings is 2. The van der Waals surface area contributed by atoms with Gasteiger partial charge >= 0.3 is 192 Å². The number of carbonyl (C=O) groups excluding carboxylic acids is 1. The van der Waals surface area contributed by atoms with Crippen LogP contribution in [0.5, 0.6) is 0 Å². The second kappa shape index (κ2) is 14.8. The molecule has 5 heteroatoms. The second-order valence-electron chi connectivity index (χ2n) is 15.7. The summed E-state index contributed by atoms with van der Waals surface area (Å²) in [6.45, 7) is 22.4. The minimum absolute atomic E-state index is 0.245. The molecule has 0 unspecified atom stereocenters. The Morgan fingerprint density at radius 3 is 1.40 bits per heavy atom. The first kappa shape index (κ1) is 34.4. The topological polar surface area (TPSA) is 29.1 Å². The van der Waals surface area contributed by atoms with Crippen LogP contribution in [0.25, 0.3) is 11.1 Å². The Morgan fingerprint density at radius 2 is 1.02 bits per heavy atom. The fourth-order valence-corrected chi connectivity index (χ4v) is 18.5. The third-order valence-corrected chi connectivity index (χ3v) is 21.0. The molecule has 0 radical (unpaired) electrons. The second-order valence-corrected chi connectivity index (χ2v) is 32.3. The van der Waals surface area contributed by atoms with Gasteiger partial charge in [0.15, 0.2) is 0 Å². The van der Waals surface area contributed by atoms with E-state index >= 15 is 0 Å². The molecule has 1 heterocycles. The van der Waals surface area contributed by atoms with Crippen molar-refractivity contribution in [1.82, 2.24) is 3.80 Å². The molecule has 2 aliphatic carbocycles. The molecule has 5 rings (SSSR count). The Kier molecular flexibility index (Phi) is 11.8. The molecule has 1 amide bonds. The maximum atomic E-state index is 13.6. The number of nitrogens with one attached hydrogen (secondary N) is 1. The summed E-state index contributed by atoms with van der Waals surface area (Å²) >= 11 is -2.45. The van der Waals surface area contributed by atoms with Crippen molar-refractivity contribution in [3.05, 3.63) is 83.2 Å². The van der Waals surface area contributed by atoms with Crippen LogP contribution in [0.4, 0.5) is 0 Å². The van der Waals surface area contributed by atoms with Crippen molar-refractivity contribution in [2.24, 2.45) is 5.92 Å². The first-order valence-electron chi connectivity index (χ1n) is 17.2. The first-order chi connectivity index (χ1) is 20.3. The van der Waals surface area contributed by atoms with E-state index < -0.39 is 33.0 Å². The van der Waals surface area contributed by atoms with E-state index in [4.69, 9.17) is 0 Å². The molecule has 0 aromatic heterocycles. The summed E-state index contributed by atoms with van der Waals surface area (Å²) in [5.41, 5.74) is 5.78. The molecule has 1 aliphatic heterocycles. The number of hydrogen-bond acceptors (Lipinski definition) is 1. The van der Waals surface area contributed by atoms with Crippen LogP contribution in [0.2, 0.25) is 48.7 Å². The Bertz CT molecular complexity index is 1200. The summed E-state index contributed by atoms with van der Waals surface area (Å²) < 4.78 is 6.88. The zero-order chi connectivity index (χ0) is 31.3. The Labute approximate surface area is 269 Å². The number of rotatable bonds is 6. The maximum absolute atomic E-state index is 13.6. The monoisotopic (exact) mass is 649 g/mol. The van der Waals surface area contributed by atoms with Gasteiger partial charge in [0.25, 0.3) is 0 Å². The van der Waals surface area contributed by atoms with Gasteiger partial charge in [-0.25, -0.2) is 0 Å². The van der Waals surface area contributed by atoms with Gasteiger partial charge in [-0.15, -0.1) is 0 Å². The van der Waals surface area contributed by atoms with Crippen LogP contribution in [0.1, 0.15) is 86.0 Å². The van der Waals surface area contributed by atoms with Crippen molar-refractivity contribution in [2.75, 3.05) is 0 Å². The summed E-state index contributed by atoms with van der Waals surface area (Å²) in [4.78, 5) is 13.6. The predicted octanol–water partition coefficient (Wildman–Crippen LogP) is 11.6. The molecule has 1 N–H and O–H groups in total. The zero-order valence-corrected chi connectivity index (χ0v) is 31.8. The van der Waals surface area contributed by atoms with Crippen LogP contribution in [0, 0.1) is 5.92 Å². The summed E-state index contributed by atoms with van der Waals surface area (Å²) in [5, 5.41) is 2.73. The van der Waals surface area contributed by atoms with E-state index in [-0.39, 0.29) is 5.92 Å². The molecule has 2 aromatic carbocycles. The number of hydrogen-bond donors (Lipinski definition) is 1. The average molecular weight is 650 g/mol. The molecule has 2 aromatic rings. The molecule has 2 nitrogen and oxygen atoms in total. The van der Waals surface area contributed by atoms with E-state index in [0.29, 0.717) is 10.1 Å². The molecular weight excluding hydrogens is 590 g/mol. The van der Waals surface area contributed by atoms with Gasteiger partial charge in [0.2, 0.25) is 0 Å². The first-order valence-corrected chi connectivity index (χ1v) is 28.1. The minimum atomic E-state index is -2.45. The fraction of sp³-hybridized carbons (Fsp3) is 0.553. The van der Waals surface area contributed by atoms with E-state index in [1.54, 1.807) is 0 Å². The van der Waals surface area contributed by atoms with Gasteiger partial charge in [0, 0.05) is 0 Å². The van der Waals surface area contributed by atoms with Gasteiger partial charge in [0.05, 0.1) is 16.1 Å². The standard InChI is InChI=1S/C13H25NO.C13H9.C10H22Si2.C2H4.Ti/c14-13(15)12-10-8-6-4-2-1-3-5-7-9-11-12;1-3-7-12-10(5-1)9-11-6-2-4-8-13(11)12;1-9(11(3,4)5)10(2)12(6,7)8;1-2;/h12H,1-11H2,(H2,14,15);1-9H;1-2H2,3-8H3;1-2H2;/q;;;;+1/p-1. The van der Waals surface area contributed by atoms with Crippen LogP contribution >= 0.6 is 0 Å². The molecule has 3 aliphatic rings. The number of amides is 1. The normalized spacial score (nSPS) is 19.4. The fourth-order valence-electron chi connectivity index (χ4n) is 7.05.